The number of aromatic nitrogens is 2. The summed E-state index contributed by atoms with van der Waals surface area (Å²) in [7, 11) is -6.05. The van der Waals surface area contributed by atoms with Crippen molar-refractivity contribution < 1.29 is 21.2 Å². The van der Waals surface area contributed by atoms with E-state index >= 15 is 0 Å². The van der Waals surface area contributed by atoms with Crippen molar-refractivity contribution in [3.63, 3.8) is 0 Å². The van der Waals surface area contributed by atoms with Crippen molar-refractivity contribution in [1.29, 1.82) is 0 Å². The molecule has 11 heteroatoms. The van der Waals surface area contributed by atoms with Gasteiger partial charge in [0.1, 0.15) is 22.0 Å². The number of anilines is 1. The Kier molecular flexibility index (Phi) is 5.91. The van der Waals surface area contributed by atoms with Crippen molar-refractivity contribution in [2.24, 2.45) is 0 Å². The van der Waals surface area contributed by atoms with Gasteiger partial charge in [-0.1, -0.05) is 18.2 Å². The molecule has 0 saturated carbocycles. The summed E-state index contributed by atoms with van der Waals surface area (Å²) in [5.74, 6) is -0.836. The molecule has 0 amide bonds. The lowest BCUT2D eigenvalue weighted by atomic mass is 9.92. The van der Waals surface area contributed by atoms with E-state index in [0.29, 0.717) is 18.8 Å². The van der Waals surface area contributed by atoms with Gasteiger partial charge in [0.15, 0.2) is 0 Å². The van der Waals surface area contributed by atoms with Crippen LogP contribution in [0, 0.1) is 5.82 Å². The van der Waals surface area contributed by atoms with Crippen LogP contribution in [0.3, 0.4) is 0 Å². The smallest absolute Gasteiger partial charge is 0.242 e. The van der Waals surface area contributed by atoms with Crippen LogP contribution in [-0.4, -0.2) is 69.8 Å². The predicted octanol–water partition coefficient (Wildman–Crippen LogP) is 2.04. The Balaban J connectivity index is 1.49. The second-order valence-corrected chi connectivity index (χ2v) is 12.3. The summed E-state index contributed by atoms with van der Waals surface area (Å²) in [6, 6.07) is 11.5. The van der Waals surface area contributed by atoms with E-state index in [0.717, 1.165) is 33.2 Å². The molecule has 8 nitrogen and oxygen atoms in total. The Morgan fingerprint density at radius 3 is 2.50 bits per heavy atom. The molecule has 0 aliphatic carbocycles. The number of sulfone groups is 1. The first-order valence-electron chi connectivity index (χ1n) is 9.94. The normalized spacial score (nSPS) is 15.3. The van der Waals surface area contributed by atoms with E-state index in [1.165, 1.54) is 25.5 Å². The topological polar surface area (TPSA) is 101 Å². The molecule has 4 rings (SSSR count). The summed E-state index contributed by atoms with van der Waals surface area (Å²) in [6.07, 6.45) is 2.56. The molecule has 170 valence electrons. The van der Waals surface area contributed by atoms with Crippen molar-refractivity contribution in [2.45, 2.75) is 10.8 Å². The highest BCUT2D eigenvalue weighted by molar-refractivity contribution is 7.91. The minimum absolute atomic E-state index is 0.118. The average molecular weight is 479 g/mol. The van der Waals surface area contributed by atoms with E-state index in [1.807, 2.05) is 29.2 Å². The molecule has 0 spiro atoms. The Bertz CT molecular complexity index is 1370. The highest BCUT2D eigenvalue weighted by atomic mass is 32.2. The number of nitrogens with zero attached hydrogens (tertiary/aromatic N) is 4. The maximum absolute atomic E-state index is 14.8. The number of hydrogen-bond donors (Lipinski definition) is 0. The van der Waals surface area contributed by atoms with Crippen molar-refractivity contribution in [3.05, 3.63) is 60.3 Å². The van der Waals surface area contributed by atoms with Gasteiger partial charge in [-0.2, -0.15) is 4.31 Å². The summed E-state index contributed by atoms with van der Waals surface area (Å²) < 4.78 is 63.7. The first-order valence-corrected chi connectivity index (χ1v) is 13.4. The maximum atomic E-state index is 14.8. The molecule has 3 aromatic rings. The minimum Gasteiger partial charge on any atom is -0.368 e. The van der Waals surface area contributed by atoms with Gasteiger partial charge in [0.2, 0.25) is 10.0 Å². The second-order valence-electron chi connectivity index (χ2n) is 7.95. The first-order chi connectivity index (χ1) is 15.1. The molecule has 1 aliphatic rings. The van der Waals surface area contributed by atoms with Crippen LogP contribution >= 0.6 is 0 Å². The van der Waals surface area contributed by atoms with Gasteiger partial charge in [0, 0.05) is 44.2 Å². The Labute approximate surface area is 186 Å². The molecule has 0 N–H and O–H groups in total. The zero-order valence-electron chi connectivity index (χ0n) is 17.6. The van der Waals surface area contributed by atoms with Crippen molar-refractivity contribution >= 4 is 36.5 Å². The molecule has 0 unspecified atom stereocenters. The van der Waals surface area contributed by atoms with Gasteiger partial charge >= 0.3 is 0 Å². The molecule has 1 aromatic heterocycles. The molecule has 32 heavy (non-hydrogen) atoms. The molecular weight excluding hydrogens is 455 g/mol. The standard InChI is InChI=1S/C21H23FN4O4S2/c1-25(9-10-31(2,27)28)32(29,30)16-7-8-20(18(22)11-16)26-12-15(13-26)21-17-5-3-4-6-19(17)23-14-24-21/h3-8,11,14-15H,9-10,12-13H2,1-2H3. The van der Waals surface area contributed by atoms with Crippen molar-refractivity contribution in [2.75, 3.05) is 43.6 Å². The van der Waals surface area contributed by atoms with Gasteiger partial charge in [0.25, 0.3) is 0 Å². The van der Waals surface area contributed by atoms with Gasteiger partial charge in [0.05, 0.1) is 27.5 Å². The molecule has 2 aromatic carbocycles. The molecular formula is C21H23FN4O4S2. The molecule has 2 heterocycles. The summed E-state index contributed by atoms with van der Waals surface area (Å²) in [5.41, 5.74) is 2.09. The zero-order valence-corrected chi connectivity index (χ0v) is 19.3. The average Bonchev–Trinajstić information content (AvgIpc) is 2.71. The number of halogens is 1. The largest absolute Gasteiger partial charge is 0.368 e. The fraction of sp³-hybridized carbons (Fsp3) is 0.333. The van der Waals surface area contributed by atoms with Crippen LogP contribution in [0.4, 0.5) is 10.1 Å². The summed E-state index contributed by atoms with van der Waals surface area (Å²) in [6.45, 7) is 0.905. The van der Waals surface area contributed by atoms with Gasteiger partial charge in [-0.05, 0) is 24.3 Å². The van der Waals surface area contributed by atoms with E-state index in [1.54, 1.807) is 0 Å². The Morgan fingerprint density at radius 1 is 1.09 bits per heavy atom. The number of fused-ring (bicyclic) bond motifs is 1. The monoisotopic (exact) mass is 478 g/mol. The maximum Gasteiger partial charge on any atom is 0.242 e. The second kappa shape index (κ2) is 8.38. The quantitative estimate of drug-likeness (QED) is 0.512. The van der Waals surface area contributed by atoms with Crippen molar-refractivity contribution in [3.8, 4) is 0 Å². The Morgan fingerprint density at radius 2 is 1.81 bits per heavy atom. The van der Waals surface area contributed by atoms with Crippen LogP contribution in [0.5, 0.6) is 0 Å². The van der Waals surface area contributed by atoms with E-state index in [-0.39, 0.29) is 23.1 Å². The lowest BCUT2D eigenvalue weighted by Gasteiger charge is -2.41. The van der Waals surface area contributed by atoms with Crippen LogP contribution in [-0.2, 0) is 19.9 Å². The Hall–Kier alpha value is -2.63. The van der Waals surface area contributed by atoms with Crippen LogP contribution < -0.4 is 4.90 Å². The summed E-state index contributed by atoms with van der Waals surface area (Å²) >= 11 is 0. The van der Waals surface area contributed by atoms with E-state index in [2.05, 4.69) is 9.97 Å². The zero-order chi connectivity index (χ0) is 23.1. The summed E-state index contributed by atoms with van der Waals surface area (Å²) in [5, 5.41) is 0.971. The third-order valence-corrected chi connectivity index (χ3v) is 8.36. The lowest BCUT2D eigenvalue weighted by molar-refractivity contribution is 0.482. The highest BCUT2D eigenvalue weighted by Gasteiger charge is 2.33. The van der Waals surface area contributed by atoms with Crippen LogP contribution in [0.25, 0.3) is 10.9 Å². The highest BCUT2D eigenvalue weighted by Crippen LogP contribution is 2.35. The van der Waals surface area contributed by atoms with E-state index in [9.17, 15) is 21.2 Å². The molecule has 0 radical (unpaired) electrons. The number of hydrogen-bond acceptors (Lipinski definition) is 7. The van der Waals surface area contributed by atoms with Gasteiger partial charge < -0.3 is 4.90 Å². The molecule has 0 atom stereocenters. The van der Waals surface area contributed by atoms with Crippen molar-refractivity contribution in [1.82, 2.24) is 14.3 Å². The predicted molar refractivity (Wildman–Crippen MR) is 120 cm³/mol. The van der Waals surface area contributed by atoms with Gasteiger partial charge in [-0.3, -0.25) is 0 Å². The van der Waals surface area contributed by atoms with Crippen LogP contribution in [0.1, 0.15) is 11.6 Å². The summed E-state index contributed by atoms with van der Waals surface area (Å²) in [4.78, 5) is 10.3. The van der Waals surface area contributed by atoms with E-state index < -0.39 is 25.7 Å². The first kappa shape index (κ1) is 22.6. The van der Waals surface area contributed by atoms with E-state index in [4.69, 9.17) is 0 Å². The minimum atomic E-state index is -4.00. The third-order valence-electron chi connectivity index (χ3n) is 5.59. The molecule has 1 saturated heterocycles. The molecule has 1 fully saturated rings. The fourth-order valence-electron chi connectivity index (χ4n) is 3.70. The van der Waals surface area contributed by atoms with Crippen LogP contribution in [0.15, 0.2) is 53.7 Å². The number of rotatable bonds is 7. The van der Waals surface area contributed by atoms with Gasteiger partial charge in [-0.15, -0.1) is 0 Å². The SMILES string of the molecule is CN(CCS(C)(=O)=O)S(=O)(=O)c1ccc(N2CC(c3ncnc4ccccc34)C2)c(F)c1. The van der Waals surface area contributed by atoms with Gasteiger partial charge in [-0.25, -0.2) is 31.2 Å². The number of benzene rings is 2. The number of sulfonamides is 1. The molecule has 1 aliphatic heterocycles. The molecule has 0 bridgehead atoms. The van der Waals surface area contributed by atoms with Crippen LogP contribution in [0.2, 0.25) is 0 Å². The third kappa shape index (κ3) is 4.45. The number of para-hydroxylation sites is 1. The lowest BCUT2D eigenvalue weighted by Crippen LogP contribution is -2.46. The fourth-order valence-corrected chi connectivity index (χ4v) is 5.60.